The molecule has 1 aliphatic carbocycles. The molecule has 23 heavy (non-hydrogen) atoms. The summed E-state index contributed by atoms with van der Waals surface area (Å²) in [5.74, 6) is 0.620. The van der Waals surface area contributed by atoms with Crippen molar-refractivity contribution >= 4 is 5.91 Å². The molecule has 0 saturated carbocycles. The minimum absolute atomic E-state index is 0.170. The molecule has 1 aromatic carbocycles. The lowest BCUT2D eigenvalue weighted by atomic mass is 9.78. The summed E-state index contributed by atoms with van der Waals surface area (Å²) >= 11 is 0. The van der Waals surface area contributed by atoms with Gasteiger partial charge in [0, 0.05) is 19.6 Å². The fourth-order valence-electron chi connectivity index (χ4n) is 4.09. The van der Waals surface area contributed by atoms with E-state index < -0.39 is 0 Å². The molecule has 1 fully saturated rings. The van der Waals surface area contributed by atoms with Crippen LogP contribution >= 0.6 is 0 Å². The third-order valence-electron chi connectivity index (χ3n) is 5.47. The van der Waals surface area contributed by atoms with E-state index in [2.05, 4.69) is 34.9 Å². The molecular weight excluding hydrogens is 288 g/mol. The number of rotatable bonds is 5. The number of piperidine rings is 1. The maximum Gasteiger partial charge on any atom is 0.228 e. The Morgan fingerprint density at radius 1 is 1.35 bits per heavy atom. The molecule has 1 aliphatic heterocycles. The molecule has 1 atom stereocenters. The van der Waals surface area contributed by atoms with E-state index >= 15 is 0 Å². The molecule has 126 valence electrons. The van der Waals surface area contributed by atoms with Gasteiger partial charge in [-0.1, -0.05) is 24.3 Å². The van der Waals surface area contributed by atoms with Gasteiger partial charge in [-0.05, 0) is 56.3 Å². The second-order valence-electron chi connectivity index (χ2n) is 6.96. The predicted molar refractivity (Wildman–Crippen MR) is 91.5 cm³/mol. The van der Waals surface area contributed by atoms with Gasteiger partial charge in [0.15, 0.2) is 0 Å². The lowest BCUT2D eigenvalue weighted by molar-refractivity contribution is -0.136. The van der Waals surface area contributed by atoms with Gasteiger partial charge in [0.25, 0.3) is 0 Å². The van der Waals surface area contributed by atoms with Gasteiger partial charge < -0.3 is 15.4 Å². The number of carbonyl (C=O) groups excluding carboxylic acids is 1. The first-order valence-electron chi connectivity index (χ1n) is 8.81. The number of benzene rings is 1. The molecule has 1 amide bonds. The largest absolute Gasteiger partial charge is 0.384 e. The lowest BCUT2D eigenvalue weighted by Crippen LogP contribution is -2.50. The highest BCUT2D eigenvalue weighted by Gasteiger charge is 2.39. The van der Waals surface area contributed by atoms with Crippen molar-refractivity contribution in [3.63, 3.8) is 0 Å². The van der Waals surface area contributed by atoms with E-state index in [1.54, 1.807) is 7.11 Å². The molecule has 4 nitrogen and oxygen atoms in total. The predicted octanol–water partition coefficient (Wildman–Crippen LogP) is 2.24. The number of methoxy groups -OCH3 is 1. The summed E-state index contributed by atoms with van der Waals surface area (Å²) in [5, 5.41) is 6.58. The first kappa shape index (κ1) is 16.5. The van der Waals surface area contributed by atoms with Crippen molar-refractivity contribution in [1.29, 1.82) is 0 Å². The van der Waals surface area contributed by atoms with Gasteiger partial charge in [0.05, 0.1) is 12.0 Å². The molecule has 1 heterocycles. The van der Waals surface area contributed by atoms with Crippen LogP contribution in [0.3, 0.4) is 0 Å². The fraction of sp³-hybridized carbons (Fsp3) is 0.632. The van der Waals surface area contributed by atoms with Crippen molar-refractivity contribution in [3.8, 4) is 0 Å². The van der Waals surface area contributed by atoms with Gasteiger partial charge >= 0.3 is 0 Å². The Labute approximate surface area is 139 Å². The summed E-state index contributed by atoms with van der Waals surface area (Å²) in [6, 6.07) is 8.67. The summed E-state index contributed by atoms with van der Waals surface area (Å²) < 4.78 is 5.37. The molecule has 2 N–H and O–H groups in total. The van der Waals surface area contributed by atoms with Crippen LogP contribution in [-0.4, -0.2) is 39.3 Å². The first-order chi connectivity index (χ1) is 11.2. The van der Waals surface area contributed by atoms with Crippen molar-refractivity contribution < 1.29 is 9.53 Å². The Morgan fingerprint density at radius 2 is 2.13 bits per heavy atom. The molecule has 1 saturated heterocycles. The highest BCUT2D eigenvalue weighted by atomic mass is 16.5. The Balaban J connectivity index is 1.64. The van der Waals surface area contributed by atoms with Crippen LogP contribution in [0, 0.1) is 5.41 Å². The average molecular weight is 316 g/mol. The van der Waals surface area contributed by atoms with Crippen molar-refractivity contribution in [2.45, 2.75) is 38.0 Å². The third kappa shape index (κ3) is 3.59. The van der Waals surface area contributed by atoms with Crippen LogP contribution < -0.4 is 10.6 Å². The van der Waals surface area contributed by atoms with E-state index in [9.17, 15) is 4.79 Å². The normalized spacial score (nSPS) is 23.1. The highest BCUT2D eigenvalue weighted by Crippen LogP contribution is 2.32. The monoisotopic (exact) mass is 316 g/mol. The molecule has 1 unspecified atom stereocenters. The Morgan fingerprint density at radius 3 is 2.91 bits per heavy atom. The minimum Gasteiger partial charge on any atom is -0.384 e. The summed E-state index contributed by atoms with van der Waals surface area (Å²) in [6.45, 7) is 3.04. The molecule has 3 rings (SSSR count). The second kappa shape index (κ2) is 7.45. The number of hydrogen-bond donors (Lipinski definition) is 2. The molecule has 0 aromatic heterocycles. The van der Waals surface area contributed by atoms with Crippen LogP contribution in [0.4, 0.5) is 0 Å². The first-order valence-corrected chi connectivity index (χ1v) is 8.81. The van der Waals surface area contributed by atoms with Crippen LogP contribution in [0.2, 0.25) is 0 Å². The van der Waals surface area contributed by atoms with Crippen LogP contribution in [0.1, 0.15) is 42.7 Å². The minimum atomic E-state index is -0.353. The van der Waals surface area contributed by atoms with Crippen LogP contribution in [0.5, 0.6) is 0 Å². The van der Waals surface area contributed by atoms with Crippen molar-refractivity contribution in [3.05, 3.63) is 35.4 Å². The Bertz CT molecular complexity index is 532. The maximum absolute atomic E-state index is 12.8. The molecule has 4 heteroatoms. The van der Waals surface area contributed by atoms with Crippen LogP contribution in [0.15, 0.2) is 24.3 Å². The summed E-state index contributed by atoms with van der Waals surface area (Å²) in [5.41, 5.74) is 2.52. The number of carbonyl (C=O) groups is 1. The molecule has 1 aromatic rings. The summed E-state index contributed by atoms with van der Waals surface area (Å²) in [7, 11) is 1.69. The molecule has 0 spiro atoms. The van der Waals surface area contributed by atoms with Gasteiger partial charge in [-0.25, -0.2) is 0 Å². The van der Waals surface area contributed by atoms with Crippen LogP contribution in [0.25, 0.3) is 0 Å². The Kier molecular flexibility index (Phi) is 5.34. The maximum atomic E-state index is 12.8. The smallest absolute Gasteiger partial charge is 0.228 e. The van der Waals surface area contributed by atoms with E-state index in [1.165, 1.54) is 24.0 Å². The number of ether oxygens (including phenoxy) is 1. The Hall–Kier alpha value is -1.39. The number of amides is 1. The molecular formula is C19H28N2O2. The van der Waals surface area contributed by atoms with E-state index in [0.29, 0.717) is 12.5 Å². The zero-order valence-corrected chi connectivity index (χ0v) is 14.1. The quantitative estimate of drug-likeness (QED) is 0.876. The molecule has 2 aliphatic rings. The number of aryl methyl sites for hydroxylation is 1. The lowest BCUT2D eigenvalue weighted by Gasteiger charge is -2.36. The highest BCUT2D eigenvalue weighted by molar-refractivity contribution is 5.83. The molecule has 0 bridgehead atoms. The van der Waals surface area contributed by atoms with Crippen molar-refractivity contribution in [2.75, 3.05) is 33.4 Å². The van der Waals surface area contributed by atoms with E-state index in [4.69, 9.17) is 4.74 Å². The van der Waals surface area contributed by atoms with Gasteiger partial charge in [0.1, 0.15) is 0 Å². The summed E-state index contributed by atoms with van der Waals surface area (Å²) in [6.07, 6.45) is 5.25. The van der Waals surface area contributed by atoms with E-state index in [0.717, 1.165) is 38.9 Å². The van der Waals surface area contributed by atoms with Gasteiger partial charge in [-0.2, -0.15) is 0 Å². The van der Waals surface area contributed by atoms with Gasteiger partial charge in [-0.3, -0.25) is 4.79 Å². The van der Waals surface area contributed by atoms with Gasteiger partial charge in [0.2, 0.25) is 5.91 Å². The average Bonchev–Trinajstić information content (AvgIpc) is 2.60. The van der Waals surface area contributed by atoms with Crippen molar-refractivity contribution in [2.24, 2.45) is 5.41 Å². The number of nitrogens with one attached hydrogen (secondary N) is 2. The molecule has 0 radical (unpaired) electrons. The summed E-state index contributed by atoms with van der Waals surface area (Å²) in [4.78, 5) is 12.8. The van der Waals surface area contributed by atoms with Gasteiger partial charge in [-0.15, -0.1) is 0 Å². The number of fused-ring (bicyclic) bond motifs is 1. The zero-order valence-electron chi connectivity index (χ0n) is 14.1. The number of hydrogen-bond acceptors (Lipinski definition) is 3. The van der Waals surface area contributed by atoms with Crippen LogP contribution in [-0.2, 0) is 16.0 Å². The van der Waals surface area contributed by atoms with Crippen molar-refractivity contribution in [1.82, 2.24) is 10.6 Å². The second-order valence-corrected chi connectivity index (χ2v) is 6.96. The van der Waals surface area contributed by atoms with E-state index in [1.807, 2.05) is 0 Å². The zero-order chi connectivity index (χ0) is 16.1. The topological polar surface area (TPSA) is 50.4 Å². The third-order valence-corrected chi connectivity index (χ3v) is 5.47. The SMILES string of the molecule is COCC1(C(=O)NCC2CCCc3ccccc32)CCNCC1. The standard InChI is InChI=1S/C19H28N2O2/c1-23-14-19(9-11-20-12-10-19)18(22)21-13-16-7-4-6-15-5-2-3-8-17(15)16/h2-3,5,8,16,20H,4,6-7,9-14H2,1H3,(H,21,22). The fourth-order valence-corrected chi connectivity index (χ4v) is 4.09. The van der Waals surface area contributed by atoms with E-state index in [-0.39, 0.29) is 11.3 Å².